The van der Waals surface area contributed by atoms with Crippen molar-refractivity contribution >= 4 is 22.7 Å². The Kier molecular flexibility index (Phi) is 7.88. The summed E-state index contributed by atoms with van der Waals surface area (Å²) in [4.78, 5) is 20.4. The maximum Gasteiger partial charge on any atom is 0.416 e. The molecule has 0 saturated carbocycles. The first-order valence-electron chi connectivity index (χ1n) is 12.2. The Morgan fingerprint density at radius 2 is 1.91 bits per heavy atom. The number of aromatic nitrogens is 2. The van der Waals surface area contributed by atoms with Gasteiger partial charge in [-0.2, -0.15) is 13.2 Å². The molecule has 1 aromatic carbocycles. The van der Waals surface area contributed by atoms with Gasteiger partial charge in [-0.3, -0.25) is 9.78 Å². The van der Waals surface area contributed by atoms with Gasteiger partial charge in [0.2, 0.25) is 0 Å². The Morgan fingerprint density at radius 3 is 2.71 bits per heavy atom. The van der Waals surface area contributed by atoms with Crippen LogP contribution in [0.1, 0.15) is 73.2 Å². The van der Waals surface area contributed by atoms with Crippen molar-refractivity contribution in [2.75, 3.05) is 11.9 Å². The highest BCUT2D eigenvalue weighted by atomic mass is 19.4. The average Bonchev–Trinajstić information content (AvgIpc) is 2.83. The van der Waals surface area contributed by atoms with Gasteiger partial charge < -0.3 is 10.4 Å². The lowest BCUT2D eigenvalue weighted by atomic mass is 9.90. The van der Waals surface area contributed by atoms with Crippen molar-refractivity contribution in [3.05, 3.63) is 65.0 Å². The van der Waals surface area contributed by atoms with Crippen molar-refractivity contribution in [2.24, 2.45) is 0 Å². The minimum Gasteiger partial charge on any atom is -0.481 e. The first kappa shape index (κ1) is 24.9. The summed E-state index contributed by atoms with van der Waals surface area (Å²) in [6, 6.07) is 9.51. The number of carbonyl (C=O) groups is 1. The molecule has 1 aliphatic heterocycles. The SMILES string of the molecule is O=C(O)C[C@H](CCCCCCc1ccc2c(n1)NCCC2)c1cnc2cc(C(F)(F)F)ccc2c1. The molecule has 0 unspecified atom stereocenters. The number of unbranched alkanes of at least 4 members (excludes halogenated alkanes) is 3. The molecule has 0 bridgehead atoms. The summed E-state index contributed by atoms with van der Waals surface area (Å²) in [5, 5.41) is 13.3. The van der Waals surface area contributed by atoms with Crippen molar-refractivity contribution in [3.8, 4) is 0 Å². The Morgan fingerprint density at radius 1 is 1.09 bits per heavy atom. The molecule has 5 nitrogen and oxygen atoms in total. The van der Waals surface area contributed by atoms with Crippen molar-refractivity contribution in [3.63, 3.8) is 0 Å². The summed E-state index contributed by atoms with van der Waals surface area (Å²) in [6.07, 6.45) is 4.82. The molecule has 3 aromatic rings. The van der Waals surface area contributed by atoms with Crippen molar-refractivity contribution in [2.45, 2.75) is 69.9 Å². The molecule has 4 rings (SSSR count). The Labute approximate surface area is 202 Å². The molecule has 0 fully saturated rings. The first-order valence-corrected chi connectivity index (χ1v) is 12.2. The van der Waals surface area contributed by atoms with Gasteiger partial charge in [0, 0.05) is 23.8 Å². The van der Waals surface area contributed by atoms with Gasteiger partial charge in [-0.15, -0.1) is 0 Å². The van der Waals surface area contributed by atoms with Gasteiger partial charge in [-0.1, -0.05) is 31.4 Å². The van der Waals surface area contributed by atoms with Gasteiger partial charge >= 0.3 is 12.1 Å². The van der Waals surface area contributed by atoms with Crippen LogP contribution < -0.4 is 5.32 Å². The molecule has 3 heterocycles. The van der Waals surface area contributed by atoms with Gasteiger partial charge in [0.05, 0.1) is 17.5 Å². The number of alkyl halides is 3. The van der Waals surface area contributed by atoms with E-state index in [9.17, 15) is 23.1 Å². The summed E-state index contributed by atoms with van der Waals surface area (Å²) in [7, 11) is 0. The minimum absolute atomic E-state index is 0.0279. The molecule has 0 spiro atoms. The summed E-state index contributed by atoms with van der Waals surface area (Å²) in [5.74, 6) is -0.0985. The van der Waals surface area contributed by atoms with Crippen LogP contribution in [0.2, 0.25) is 0 Å². The molecule has 2 N–H and O–H groups in total. The second kappa shape index (κ2) is 11.1. The lowest BCUT2D eigenvalue weighted by molar-refractivity contribution is -0.138. The number of hydrogen-bond donors (Lipinski definition) is 2. The maximum absolute atomic E-state index is 13.0. The predicted molar refractivity (Wildman–Crippen MR) is 130 cm³/mol. The van der Waals surface area contributed by atoms with Crippen LogP contribution in [-0.2, 0) is 23.8 Å². The fourth-order valence-corrected chi connectivity index (χ4v) is 4.69. The van der Waals surface area contributed by atoms with E-state index in [0.29, 0.717) is 11.8 Å². The Hall–Kier alpha value is -3.16. The van der Waals surface area contributed by atoms with Crippen LogP contribution in [-0.4, -0.2) is 27.6 Å². The molecule has 0 aliphatic carbocycles. The molecule has 0 radical (unpaired) electrons. The number of rotatable bonds is 10. The standard InChI is InChI=1S/C27H30F3N3O2/c28-27(29,30)22-11-9-20-14-21(17-32-24(20)16-22)19(15-25(34)35)6-3-1-2-4-8-23-12-10-18-7-5-13-31-26(18)33-23/h9-12,14,16-17,19H,1-8,13,15H2,(H,31,33)(H,34,35)/t19-/m0/s1. The number of nitrogens with one attached hydrogen (secondary N) is 1. The molecule has 8 heteroatoms. The number of halogens is 3. The van der Waals surface area contributed by atoms with E-state index >= 15 is 0 Å². The number of hydrogen-bond acceptors (Lipinski definition) is 4. The zero-order valence-corrected chi connectivity index (χ0v) is 19.6. The van der Waals surface area contributed by atoms with Crippen LogP contribution in [0.4, 0.5) is 19.0 Å². The van der Waals surface area contributed by atoms with Crippen molar-refractivity contribution in [1.29, 1.82) is 0 Å². The molecule has 1 atom stereocenters. The van der Waals surface area contributed by atoms with Gasteiger partial charge in [0.1, 0.15) is 5.82 Å². The summed E-state index contributed by atoms with van der Waals surface area (Å²) in [5.41, 5.74) is 2.65. The highest BCUT2D eigenvalue weighted by molar-refractivity contribution is 5.80. The number of benzene rings is 1. The highest BCUT2D eigenvalue weighted by Gasteiger charge is 2.30. The molecule has 0 saturated heterocycles. The average molecular weight is 486 g/mol. The molecule has 2 aromatic heterocycles. The normalized spacial score (nSPS) is 14.4. The largest absolute Gasteiger partial charge is 0.481 e. The van der Waals surface area contributed by atoms with Crippen molar-refractivity contribution < 1.29 is 23.1 Å². The lowest BCUT2D eigenvalue weighted by Gasteiger charge is -2.17. The van der Waals surface area contributed by atoms with Crippen LogP contribution >= 0.6 is 0 Å². The van der Waals surface area contributed by atoms with Gasteiger partial charge in [0.15, 0.2) is 0 Å². The van der Waals surface area contributed by atoms with Crippen LogP contribution in [0.25, 0.3) is 10.9 Å². The fourth-order valence-electron chi connectivity index (χ4n) is 4.69. The minimum atomic E-state index is -4.42. The quantitative estimate of drug-likeness (QED) is 0.311. The first-order chi connectivity index (χ1) is 16.8. The fraction of sp³-hybridized carbons (Fsp3) is 0.444. The van der Waals surface area contributed by atoms with E-state index in [1.54, 1.807) is 6.07 Å². The number of nitrogens with zero attached hydrogens (tertiary/aromatic N) is 2. The monoisotopic (exact) mass is 485 g/mol. The van der Waals surface area contributed by atoms with E-state index in [0.717, 1.165) is 80.7 Å². The zero-order chi connectivity index (χ0) is 24.8. The third-order valence-corrected chi connectivity index (χ3v) is 6.61. The van der Waals surface area contributed by atoms with E-state index in [2.05, 4.69) is 22.4 Å². The number of pyridine rings is 2. The van der Waals surface area contributed by atoms with Gasteiger partial charge in [0.25, 0.3) is 0 Å². The van der Waals surface area contributed by atoms with Gasteiger partial charge in [-0.25, -0.2) is 4.98 Å². The Bertz CT molecular complexity index is 1180. The second-order valence-electron chi connectivity index (χ2n) is 9.26. The maximum atomic E-state index is 13.0. The van der Waals surface area contributed by atoms with E-state index in [4.69, 9.17) is 4.98 Å². The topological polar surface area (TPSA) is 75.1 Å². The smallest absolute Gasteiger partial charge is 0.416 e. The number of carboxylic acids is 1. The summed E-state index contributed by atoms with van der Waals surface area (Å²) >= 11 is 0. The van der Waals surface area contributed by atoms with Crippen LogP contribution in [0.15, 0.2) is 42.6 Å². The molecule has 35 heavy (non-hydrogen) atoms. The molecule has 1 aliphatic rings. The predicted octanol–water partition coefficient (Wildman–Crippen LogP) is 6.76. The molecule has 0 amide bonds. The van der Waals surface area contributed by atoms with E-state index < -0.39 is 17.7 Å². The van der Waals surface area contributed by atoms with Crippen molar-refractivity contribution in [1.82, 2.24) is 9.97 Å². The Balaban J connectivity index is 1.30. The molecular weight excluding hydrogens is 455 g/mol. The number of aliphatic carboxylic acids is 1. The van der Waals surface area contributed by atoms with E-state index in [-0.39, 0.29) is 17.9 Å². The van der Waals surface area contributed by atoms with E-state index in [1.165, 1.54) is 17.8 Å². The lowest BCUT2D eigenvalue weighted by Crippen LogP contribution is -2.13. The zero-order valence-electron chi connectivity index (χ0n) is 19.6. The number of carboxylic acid groups (broad SMARTS) is 1. The van der Waals surface area contributed by atoms with Crippen LogP contribution in [0.3, 0.4) is 0 Å². The second-order valence-corrected chi connectivity index (χ2v) is 9.26. The van der Waals surface area contributed by atoms with Gasteiger partial charge in [-0.05, 0) is 73.4 Å². The summed E-state index contributed by atoms with van der Waals surface area (Å²) in [6.45, 7) is 0.974. The highest BCUT2D eigenvalue weighted by Crippen LogP contribution is 2.33. The number of aryl methyl sites for hydroxylation is 2. The number of fused-ring (bicyclic) bond motifs is 2. The summed E-state index contributed by atoms with van der Waals surface area (Å²) < 4.78 is 38.9. The van der Waals surface area contributed by atoms with Crippen LogP contribution in [0, 0.1) is 0 Å². The molecule has 186 valence electrons. The third-order valence-electron chi connectivity index (χ3n) is 6.61. The van der Waals surface area contributed by atoms with Crippen LogP contribution in [0.5, 0.6) is 0 Å². The number of anilines is 1. The van der Waals surface area contributed by atoms with E-state index in [1.807, 2.05) is 0 Å². The molecular formula is C27H30F3N3O2. The third kappa shape index (κ3) is 6.71.